The smallest absolute Gasteiger partial charge is 0.324 e. The van der Waals surface area contributed by atoms with Crippen molar-refractivity contribution in [3.8, 4) is 12.0 Å². The van der Waals surface area contributed by atoms with E-state index < -0.39 is 0 Å². The lowest BCUT2D eigenvalue weighted by molar-refractivity contribution is 0.255. The Bertz CT molecular complexity index is 348. The molecule has 1 unspecified atom stereocenters. The molecule has 0 fully saturated rings. The normalized spacial score (nSPS) is 12.0. The van der Waals surface area contributed by atoms with Crippen molar-refractivity contribution in [3.63, 3.8) is 0 Å². The van der Waals surface area contributed by atoms with Gasteiger partial charge >= 0.3 is 12.0 Å². The van der Waals surface area contributed by atoms with Crippen LogP contribution in [0.2, 0.25) is 0 Å². The highest BCUT2D eigenvalue weighted by atomic mass is 16.5. The van der Waals surface area contributed by atoms with Gasteiger partial charge in [0.2, 0.25) is 5.95 Å². The lowest BCUT2D eigenvalue weighted by atomic mass is 10.0. The zero-order valence-corrected chi connectivity index (χ0v) is 11.7. The van der Waals surface area contributed by atoms with E-state index >= 15 is 0 Å². The Labute approximate surface area is 113 Å². The van der Waals surface area contributed by atoms with Crippen molar-refractivity contribution in [1.29, 1.82) is 0 Å². The molecule has 0 saturated carbocycles. The number of rotatable bonds is 9. The summed E-state index contributed by atoms with van der Waals surface area (Å²) >= 11 is 0. The van der Waals surface area contributed by atoms with E-state index in [1.54, 1.807) is 0 Å². The fraction of sp³-hybridized carbons (Fsp3) is 0.750. The number of hydrogen-bond donors (Lipinski definition) is 2. The van der Waals surface area contributed by atoms with Crippen molar-refractivity contribution in [1.82, 2.24) is 15.0 Å². The number of nitrogens with zero attached hydrogens (tertiary/aromatic N) is 3. The van der Waals surface area contributed by atoms with Gasteiger partial charge in [-0.25, -0.2) is 0 Å². The van der Waals surface area contributed by atoms with Crippen LogP contribution in [0.4, 0.5) is 5.95 Å². The van der Waals surface area contributed by atoms with E-state index in [0.717, 1.165) is 19.3 Å². The summed E-state index contributed by atoms with van der Waals surface area (Å²) in [4.78, 5) is 12.1. The number of aliphatic hydroxyl groups excluding tert-OH is 1. The minimum absolute atomic E-state index is 0.191. The number of nitrogens with one attached hydrogen (secondary N) is 1. The van der Waals surface area contributed by atoms with Gasteiger partial charge in [0, 0.05) is 13.2 Å². The molecule has 1 atom stereocenters. The van der Waals surface area contributed by atoms with Crippen molar-refractivity contribution in [2.75, 3.05) is 32.7 Å². The number of aliphatic hydroxyl groups is 1. The summed E-state index contributed by atoms with van der Waals surface area (Å²) in [5, 5.41) is 12.1. The summed E-state index contributed by atoms with van der Waals surface area (Å²) in [5.74, 6) is 0.812. The summed E-state index contributed by atoms with van der Waals surface area (Å²) < 4.78 is 9.95. The third-order valence-electron chi connectivity index (χ3n) is 2.74. The summed E-state index contributed by atoms with van der Waals surface area (Å²) in [5.41, 5.74) is 0. The quantitative estimate of drug-likeness (QED) is 0.694. The Morgan fingerprint density at radius 1 is 1.11 bits per heavy atom. The van der Waals surface area contributed by atoms with Crippen molar-refractivity contribution in [3.05, 3.63) is 0 Å². The van der Waals surface area contributed by atoms with E-state index in [-0.39, 0.29) is 18.6 Å². The van der Waals surface area contributed by atoms with Crippen molar-refractivity contribution in [2.45, 2.75) is 26.2 Å². The number of ether oxygens (including phenoxy) is 2. The van der Waals surface area contributed by atoms with Gasteiger partial charge in [-0.2, -0.15) is 9.97 Å². The zero-order chi connectivity index (χ0) is 14.1. The third-order valence-corrected chi connectivity index (χ3v) is 2.74. The van der Waals surface area contributed by atoms with Crippen molar-refractivity contribution < 1.29 is 14.6 Å². The molecule has 0 aromatic carbocycles. The standard InChI is InChI=1S/C12H22N4O3/c1-4-5-9(6-7-17)8-13-10-14-11(18-2)16-12(15-10)19-3/h9,17H,4-8H2,1-3H3,(H,13,14,15,16). The Morgan fingerprint density at radius 3 is 2.21 bits per heavy atom. The van der Waals surface area contributed by atoms with Gasteiger partial charge in [-0.1, -0.05) is 13.3 Å². The first-order chi connectivity index (χ1) is 9.23. The van der Waals surface area contributed by atoms with E-state index in [0.29, 0.717) is 18.4 Å². The zero-order valence-electron chi connectivity index (χ0n) is 11.7. The molecule has 19 heavy (non-hydrogen) atoms. The van der Waals surface area contributed by atoms with Gasteiger partial charge < -0.3 is 19.9 Å². The van der Waals surface area contributed by atoms with Crippen LogP contribution in [-0.2, 0) is 0 Å². The van der Waals surface area contributed by atoms with Crippen LogP contribution < -0.4 is 14.8 Å². The Hall–Kier alpha value is -1.63. The van der Waals surface area contributed by atoms with Crippen LogP contribution in [0.5, 0.6) is 12.0 Å². The van der Waals surface area contributed by atoms with Crippen LogP contribution in [-0.4, -0.2) is 47.4 Å². The maximum absolute atomic E-state index is 9.02. The molecule has 108 valence electrons. The Morgan fingerprint density at radius 2 is 1.74 bits per heavy atom. The number of hydrogen-bond acceptors (Lipinski definition) is 7. The first-order valence-corrected chi connectivity index (χ1v) is 6.42. The van der Waals surface area contributed by atoms with Crippen LogP contribution in [0.1, 0.15) is 26.2 Å². The van der Waals surface area contributed by atoms with E-state index in [1.807, 2.05) is 0 Å². The molecule has 0 aliphatic heterocycles. The van der Waals surface area contributed by atoms with Crippen LogP contribution >= 0.6 is 0 Å². The molecule has 0 bridgehead atoms. The molecule has 0 aliphatic carbocycles. The van der Waals surface area contributed by atoms with Gasteiger partial charge in [-0.15, -0.1) is 4.98 Å². The molecule has 0 aliphatic rings. The van der Waals surface area contributed by atoms with Crippen LogP contribution in [0.15, 0.2) is 0 Å². The van der Waals surface area contributed by atoms with Gasteiger partial charge in [0.1, 0.15) is 0 Å². The van der Waals surface area contributed by atoms with Gasteiger partial charge in [0.05, 0.1) is 14.2 Å². The maximum Gasteiger partial charge on any atom is 0.324 e. The fourth-order valence-electron chi connectivity index (χ4n) is 1.77. The predicted octanol–water partition coefficient (Wildman–Crippen LogP) is 1.10. The molecule has 7 heteroatoms. The average molecular weight is 270 g/mol. The van der Waals surface area contributed by atoms with Gasteiger partial charge in [-0.3, -0.25) is 0 Å². The second-order valence-corrected chi connectivity index (χ2v) is 4.18. The number of anilines is 1. The SMILES string of the molecule is CCCC(CCO)CNc1nc(OC)nc(OC)n1. The largest absolute Gasteiger partial charge is 0.467 e. The summed E-state index contributed by atoms with van der Waals surface area (Å²) in [6.45, 7) is 3.01. The van der Waals surface area contributed by atoms with Gasteiger partial charge in [0.25, 0.3) is 0 Å². The molecule has 1 aromatic rings. The molecule has 0 radical (unpaired) electrons. The molecule has 7 nitrogen and oxygen atoms in total. The topological polar surface area (TPSA) is 89.4 Å². The minimum Gasteiger partial charge on any atom is -0.467 e. The van der Waals surface area contributed by atoms with Crippen molar-refractivity contribution >= 4 is 5.95 Å². The highest BCUT2D eigenvalue weighted by Crippen LogP contribution is 2.15. The van der Waals surface area contributed by atoms with Gasteiger partial charge in [0.15, 0.2) is 0 Å². The Kier molecular flexibility index (Phi) is 6.88. The first kappa shape index (κ1) is 15.4. The highest BCUT2D eigenvalue weighted by Gasteiger charge is 2.10. The third kappa shape index (κ3) is 5.25. The minimum atomic E-state index is 0.191. The molecule has 1 aromatic heterocycles. The predicted molar refractivity (Wildman–Crippen MR) is 71.5 cm³/mol. The molecular formula is C12H22N4O3. The van der Waals surface area contributed by atoms with E-state index in [4.69, 9.17) is 14.6 Å². The average Bonchev–Trinajstić information content (AvgIpc) is 2.44. The molecular weight excluding hydrogens is 248 g/mol. The van der Waals surface area contributed by atoms with Crippen LogP contribution in [0.3, 0.4) is 0 Å². The second-order valence-electron chi connectivity index (χ2n) is 4.18. The monoisotopic (exact) mass is 270 g/mol. The summed E-state index contributed by atoms with van der Waals surface area (Å²) in [6.07, 6.45) is 2.89. The van der Waals surface area contributed by atoms with E-state index in [1.165, 1.54) is 14.2 Å². The van der Waals surface area contributed by atoms with E-state index in [2.05, 4.69) is 27.2 Å². The van der Waals surface area contributed by atoms with Gasteiger partial charge in [-0.05, 0) is 18.8 Å². The molecule has 1 heterocycles. The van der Waals surface area contributed by atoms with Crippen LogP contribution in [0, 0.1) is 5.92 Å². The molecule has 2 N–H and O–H groups in total. The number of methoxy groups -OCH3 is 2. The molecule has 0 amide bonds. The lowest BCUT2D eigenvalue weighted by Crippen LogP contribution is -2.17. The van der Waals surface area contributed by atoms with Crippen molar-refractivity contribution in [2.24, 2.45) is 5.92 Å². The number of aromatic nitrogens is 3. The second kappa shape index (κ2) is 8.47. The van der Waals surface area contributed by atoms with E-state index in [9.17, 15) is 0 Å². The van der Waals surface area contributed by atoms with Crippen LogP contribution in [0.25, 0.3) is 0 Å². The summed E-state index contributed by atoms with van der Waals surface area (Å²) in [6, 6.07) is 0.423. The maximum atomic E-state index is 9.02. The highest BCUT2D eigenvalue weighted by molar-refractivity contribution is 5.27. The molecule has 0 spiro atoms. The first-order valence-electron chi connectivity index (χ1n) is 6.42. The summed E-state index contributed by atoms with van der Waals surface area (Å²) in [7, 11) is 2.98. The fourth-order valence-corrected chi connectivity index (χ4v) is 1.77. The molecule has 1 rings (SSSR count). The lowest BCUT2D eigenvalue weighted by Gasteiger charge is -2.15. The Balaban J connectivity index is 2.64. The molecule has 0 saturated heterocycles.